The number of hydrogen-bond acceptors (Lipinski definition) is 6. The van der Waals surface area contributed by atoms with Crippen LogP contribution in [0.2, 0.25) is 0 Å². The van der Waals surface area contributed by atoms with Crippen LogP contribution in [0.25, 0.3) is 0 Å². The third-order valence-corrected chi connectivity index (χ3v) is 3.30. The van der Waals surface area contributed by atoms with Crippen molar-refractivity contribution in [2.75, 3.05) is 16.4 Å². The van der Waals surface area contributed by atoms with Crippen LogP contribution in [0.3, 0.4) is 0 Å². The minimum atomic E-state index is -0.841. The lowest BCUT2D eigenvalue weighted by molar-refractivity contribution is -0.117. The molecule has 5 N–H and O–H groups in total. The number of Topliss-reactive ketones (excluding diaryl/α,β-unsaturated/α-hetero) is 1. The molecule has 1 aliphatic heterocycles. The fourth-order valence-electron chi connectivity index (χ4n) is 2.23. The molecule has 112 valence electrons. The van der Waals surface area contributed by atoms with Crippen molar-refractivity contribution >= 4 is 29.1 Å². The zero-order chi connectivity index (χ0) is 15.7. The highest BCUT2D eigenvalue weighted by Crippen LogP contribution is 2.22. The number of aromatic nitrogens is 2. The normalized spacial score (nSPS) is 16.4. The Hall–Kier alpha value is -3.16. The summed E-state index contributed by atoms with van der Waals surface area (Å²) in [5.74, 6) is -0.662. The fraction of sp³-hybridized carbons (Fsp3) is 0.143. The largest absolute Gasteiger partial charge is 0.369 e. The standard InChI is InChI=1S/C14H13N5O3/c15-14-18-11-10(13(22)19-14)16-8(12(21)17-11)6-9(20)7-4-2-1-3-5-7/h1-5,8,16H,6H2,(H4,15,17,18,19,21,22). The minimum Gasteiger partial charge on any atom is -0.369 e. The molecule has 1 atom stereocenters. The number of nitrogens with two attached hydrogens (primary N) is 1. The molecule has 0 fully saturated rings. The Kier molecular flexibility index (Phi) is 3.34. The van der Waals surface area contributed by atoms with E-state index >= 15 is 0 Å². The van der Waals surface area contributed by atoms with Crippen molar-refractivity contribution in [2.45, 2.75) is 12.5 Å². The molecule has 0 spiro atoms. The summed E-state index contributed by atoms with van der Waals surface area (Å²) in [7, 11) is 0. The second-order valence-corrected chi connectivity index (χ2v) is 4.85. The molecule has 0 bridgehead atoms. The summed E-state index contributed by atoms with van der Waals surface area (Å²) in [6.45, 7) is 0. The van der Waals surface area contributed by atoms with Crippen molar-refractivity contribution in [3.63, 3.8) is 0 Å². The molecule has 8 nitrogen and oxygen atoms in total. The van der Waals surface area contributed by atoms with Gasteiger partial charge in [-0.3, -0.25) is 19.4 Å². The van der Waals surface area contributed by atoms with Gasteiger partial charge in [-0.2, -0.15) is 4.98 Å². The second kappa shape index (κ2) is 5.32. The predicted molar refractivity (Wildman–Crippen MR) is 80.7 cm³/mol. The van der Waals surface area contributed by atoms with Crippen LogP contribution in [0.15, 0.2) is 35.1 Å². The lowest BCUT2D eigenvalue weighted by atomic mass is 10.0. The van der Waals surface area contributed by atoms with E-state index in [0.717, 1.165) is 0 Å². The number of aromatic amines is 1. The van der Waals surface area contributed by atoms with Crippen LogP contribution in [-0.4, -0.2) is 27.7 Å². The van der Waals surface area contributed by atoms with E-state index in [1.807, 2.05) is 0 Å². The summed E-state index contributed by atoms with van der Waals surface area (Å²) in [5.41, 5.74) is 5.52. The maximum Gasteiger partial charge on any atom is 0.277 e. The maximum atomic E-state index is 12.2. The highest BCUT2D eigenvalue weighted by atomic mass is 16.2. The molecular weight excluding hydrogens is 286 g/mol. The number of H-pyrrole nitrogens is 1. The molecule has 2 aromatic rings. The first-order chi connectivity index (χ1) is 10.5. The van der Waals surface area contributed by atoms with Crippen molar-refractivity contribution in [1.82, 2.24) is 9.97 Å². The number of nitrogen functional groups attached to an aromatic ring is 1. The molecule has 0 saturated carbocycles. The Morgan fingerprint density at radius 2 is 1.95 bits per heavy atom. The SMILES string of the molecule is Nc1nc2c(c(=O)[nH]1)NC(CC(=O)c1ccccc1)C(=O)N2. The topological polar surface area (TPSA) is 130 Å². The Bertz CT molecular complexity index is 800. The van der Waals surface area contributed by atoms with Gasteiger partial charge in [0.25, 0.3) is 5.56 Å². The third-order valence-electron chi connectivity index (χ3n) is 3.30. The van der Waals surface area contributed by atoms with E-state index in [9.17, 15) is 14.4 Å². The van der Waals surface area contributed by atoms with E-state index < -0.39 is 17.5 Å². The van der Waals surface area contributed by atoms with Gasteiger partial charge in [-0.15, -0.1) is 0 Å². The van der Waals surface area contributed by atoms with E-state index in [4.69, 9.17) is 5.73 Å². The summed E-state index contributed by atoms with van der Waals surface area (Å²) in [5, 5.41) is 5.23. The number of fused-ring (bicyclic) bond motifs is 1. The number of anilines is 3. The Morgan fingerprint density at radius 3 is 2.68 bits per heavy atom. The molecule has 3 rings (SSSR count). The number of carbonyl (C=O) groups is 2. The number of nitrogens with one attached hydrogen (secondary N) is 3. The van der Waals surface area contributed by atoms with Crippen LogP contribution in [-0.2, 0) is 4.79 Å². The zero-order valence-corrected chi connectivity index (χ0v) is 11.4. The maximum absolute atomic E-state index is 12.2. The molecule has 1 unspecified atom stereocenters. The molecule has 8 heteroatoms. The number of ketones is 1. The lowest BCUT2D eigenvalue weighted by Crippen LogP contribution is -2.43. The van der Waals surface area contributed by atoms with Crippen LogP contribution in [0.4, 0.5) is 17.5 Å². The third kappa shape index (κ3) is 2.53. The summed E-state index contributed by atoms with van der Waals surface area (Å²) in [6.07, 6.45) is -0.0703. The smallest absolute Gasteiger partial charge is 0.277 e. The van der Waals surface area contributed by atoms with E-state index in [1.165, 1.54) is 0 Å². The van der Waals surface area contributed by atoms with Gasteiger partial charge >= 0.3 is 0 Å². The Labute approximate surface area is 124 Å². The molecule has 1 aliphatic rings. The van der Waals surface area contributed by atoms with Crippen molar-refractivity contribution in [3.05, 3.63) is 46.2 Å². The Balaban J connectivity index is 1.83. The zero-order valence-electron chi connectivity index (χ0n) is 11.4. The van der Waals surface area contributed by atoms with Gasteiger partial charge in [-0.25, -0.2) is 0 Å². The first-order valence-corrected chi connectivity index (χ1v) is 6.60. The van der Waals surface area contributed by atoms with Crippen molar-refractivity contribution in [2.24, 2.45) is 0 Å². The van der Waals surface area contributed by atoms with E-state index in [2.05, 4.69) is 20.6 Å². The molecule has 0 saturated heterocycles. The fourth-order valence-corrected chi connectivity index (χ4v) is 2.23. The minimum absolute atomic E-state index is 0.0645. The highest BCUT2D eigenvalue weighted by molar-refractivity contribution is 6.06. The number of amides is 1. The molecule has 1 amide bonds. The number of benzene rings is 1. The average Bonchev–Trinajstić information content (AvgIpc) is 2.49. The van der Waals surface area contributed by atoms with E-state index in [0.29, 0.717) is 5.56 Å². The monoisotopic (exact) mass is 299 g/mol. The Morgan fingerprint density at radius 1 is 1.23 bits per heavy atom. The lowest BCUT2D eigenvalue weighted by Gasteiger charge is -2.24. The number of carbonyl (C=O) groups excluding carboxylic acids is 2. The van der Waals surface area contributed by atoms with Gasteiger partial charge in [-0.1, -0.05) is 30.3 Å². The van der Waals surface area contributed by atoms with Gasteiger partial charge in [0.1, 0.15) is 11.7 Å². The first-order valence-electron chi connectivity index (χ1n) is 6.60. The van der Waals surface area contributed by atoms with E-state index in [-0.39, 0.29) is 29.7 Å². The average molecular weight is 299 g/mol. The van der Waals surface area contributed by atoms with E-state index in [1.54, 1.807) is 30.3 Å². The van der Waals surface area contributed by atoms with Crippen LogP contribution in [0, 0.1) is 0 Å². The summed E-state index contributed by atoms with van der Waals surface area (Å²) < 4.78 is 0. The van der Waals surface area contributed by atoms with Crippen LogP contribution in [0.5, 0.6) is 0 Å². The van der Waals surface area contributed by atoms with Crippen molar-refractivity contribution < 1.29 is 9.59 Å². The van der Waals surface area contributed by atoms with Crippen LogP contribution < -0.4 is 21.9 Å². The molecular formula is C14H13N5O3. The van der Waals surface area contributed by atoms with Crippen molar-refractivity contribution in [3.8, 4) is 0 Å². The van der Waals surface area contributed by atoms with Gasteiger partial charge in [0.15, 0.2) is 11.6 Å². The van der Waals surface area contributed by atoms with Gasteiger partial charge in [0, 0.05) is 12.0 Å². The number of rotatable bonds is 3. The molecule has 1 aromatic carbocycles. The second-order valence-electron chi connectivity index (χ2n) is 4.85. The molecule has 1 aromatic heterocycles. The molecule has 22 heavy (non-hydrogen) atoms. The van der Waals surface area contributed by atoms with Crippen molar-refractivity contribution in [1.29, 1.82) is 0 Å². The molecule has 2 heterocycles. The molecule has 0 radical (unpaired) electrons. The van der Waals surface area contributed by atoms with Crippen LogP contribution >= 0.6 is 0 Å². The summed E-state index contributed by atoms with van der Waals surface area (Å²) in [6, 6.07) is 7.79. The quantitative estimate of drug-likeness (QED) is 0.605. The van der Waals surface area contributed by atoms with Gasteiger partial charge in [0.2, 0.25) is 11.9 Å². The first kappa shape index (κ1) is 13.8. The predicted octanol–water partition coefficient (Wildman–Crippen LogP) is 0.358. The molecule has 0 aliphatic carbocycles. The van der Waals surface area contributed by atoms with Gasteiger partial charge < -0.3 is 16.4 Å². The highest BCUT2D eigenvalue weighted by Gasteiger charge is 2.30. The summed E-state index contributed by atoms with van der Waals surface area (Å²) in [4.78, 5) is 42.2. The number of hydrogen-bond donors (Lipinski definition) is 4. The number of nitrogens with zero attached hydrogens (tertiary/aromatic N) is 1. The van der Waals surface area contributed by atoms with Gasteiger partial charge in [0.05, 0.1) is 0 Å². The van der Waals surface area contributed by atoms with Gasteiger partial charge in [-0.05, 0) is 0 Å². The summed E-state index contributed by atoms with van der Waals surface area (Å²) >= 11 is 0. The van der Waals surface area contributed by atoms with Crippen LogP contribution in [0.1, 0.15) is 16.8 Å².